The summed E-state index contributed by atoms with van der Waals surface area (Å²) in [5, 5.41) is 0.909. The first-order valence-electron chi connectivity index (χ1n) is 6.56. The maximum Gasteiger partial charge on any atom is 0.227 e. The number of nitrogens with two attached hydrogens (primary N) is 1. The molecule has 1 aliphatic rings. The van der Waals surface area contributed by atoms with Crippen molar-refractivity contribution >= 4 is 29.0 Å². The van der Waals surface area contributed by atoms with E-state index in [-0.39, 0.29) is 0 Å². The van der Waals surface area contributed by atoms with Gasteiger partial charge in [0.25, 0.3) is 0 Å². The molecule has 7 heteroatoms. The highest BCUT2D eigenvalue weighted by atomic mass is 35.5. The van der Waals surface area contributed by atoms with Crippen LogP contribution in [0.3, 0.4) is 0 Å². The number of anilines is 1. The summed E-state index contributed by atoms with van der Waals surface area (Å²) in [7, 11) is 0. The molecule has 3 rings (SSSR count). The molecule has 0 amide bonds. The fourth-order valence-corrected chi connectivity index (χ4v) is 2.22. The zero-order chi connectivity index (χ0) is 15.0. The Morgan fingerprint density at radius 2 is 2.00 bits per heavy atom. The Kier molecular flexibility index (Phi) is 3.89. The van der Waals surface area contributed by atoms with Crippen molar-refractivity contribution in [3.05, 3.63) is 39.6 Å². The lowest BCUT2D eigenvalue weighted by atomic mass is 10.3. The van der Waals surface area contributed by atoms with Crippen LogP contribution < -0.4 is 16.0 Å². The Balaban J connectivity index is 1.96. The Labute approximate surface area is 132 Å². The van der Waals surface area contributed by atoms with Crippen LogP contribution in [0.4, 0.5) is 5.82 Å². The molecule has 3 N–H and O–H groups in total. The van der Waals surface area contributed by atoms with Gasteiger partial charge in [0.1, 0.15) is 11.6 Å². The smallest absolute Gasteiger partial charge is 0.227 e. The predicted molar refractivity (Wildman–Crippen MR) is 83.1 cm³/mol. The highest BCUT2D eigenvalue weighted by Crippen LogP contribution is 2.40. The van der Waals surface area contributed by atoms with Crippen molar-refractivity contribution in [2.75, 3.05) is 5.43 Å². The summed E-state index contributed by atoms with van der Waals surface area (Å²) in [4.78, 5) is 8.90. The van der Waals surface area contributed by atoms with E-state index in [0.717, 1.165) is 24.2 Å². The van der Waals surface area contributed by atoms with Crippen LogP contribution in [0.15, 0.2) is 18.2 Å². The number of nitrogen functional groups attached to an aromatic ring is 1. The maximum atomic E-state index is 5.99. The van der Waals surface area contributed by atoms with Crippen molar-refractivity contribution in [2.45, 2.75) is 25.7 Å². The predicted octanol–water partition coefficient (Wildman–Crippen LogP) is 4.05. The van der Waals surface area contributed by atoms with Crippen LogP contribution in [-0.4, -0.2) is 9.97 Å². The van der Waals surface area contributed by atoms with Gasteiger partial charge in [-0.1, -0.05) is 23.2 Å². The van der Waals surface area contributed by atoms with Gasteiger partial charge in [-0.3, -0.25) is 0 Å². The summed E-state index contributed by atoms with van der Waals surface area (Å²) in [5.74, 6) is 8.27. The number of ether oxygens (including phenoxy) is 1. The van der Waals surface area contributed by atoms with Crippen molar-refractivity contribution in [1.82, 2.24) is 9.97 Å². The molecule has 1 heterocycles. The highest BCUT2D eigenvalue weighted by molar-refractivity contribution is 6.42. The van der Waals surface area contributed by atoms with Crippen molar-refractivity contribution in [3.63, 3.8) is 0 Å². The van der Waals surface area contributed by atoms with Gasteiger partial charge in [-0.25, -0.2) is 10.8 Å². The Morgan fingerprint density at radius 1 is 1.24 bits per heavy atom. The highest BCUT2D eigenvalue weighted by Gasteiger charge is 2.28. The minimum atomic E-state index is 0.397. The first kappa shape index (κ1) is 14.4. The van der Waals surface area contributed by atoms with E-state index < -0.39 is 0 Å². The molecule has 5 nitrogen and oxygen atoms in total. The number of rotatable bonds is 4. The molecule has 0 bridgehead atoms. The van der Waals surface area contributed by atoms with Gasteiger partial charge in [0, 0.05) is 12.0 Å². The number of nitrogens with one attached hydrogen (secondary N) is 1. The molecular weight excluding hydrogens is 311 g/mol. The Hall–Kier alpha value is -1.56. The number of hydrogen-bond donors (Lipinski definition) is 2. The van der Waals surface area contributed by atoms with Gasteiger partial charge < -0.3 is 10.2 Å². The molecule has 0 atom stereocenters. The SMILES string of the molecule is Cc1c(NN)nc(C2CC2)nc1Oc1ccc(Cl)c(Cl)c1. The molecule has 1 aromatic carbocycles. The van der Waals surface area contributed by atoms with Gasteiger partial charge in [-0.15, -0.1) is 0 Å². The second-order valence-corrected chi connectivity index (χ2v) is 5.77. The van der Waals surface area contributed by atoms with E-state index in [1.165, 1.54) is 0 Å². The van der Waals surface area contributed by atoms with Gasteiger partial charge in [-0.05, 0) is 31.9 Å². The molecule has 1 saturated carbocycles. The number of hydrogen-bond acceptors (Lipinski definition) is 5. The molecule has 0 spiro atoms. The topological polar surface area (TPSA) is 73.1 Å². The monoisotopic (exact) mass is 324 g/mol. The molecule has 1 aliphatic carbocycles. The third-order valence-corrected chi connectivity index (χ3v) is 4.04. The molecule has 0 saturated heterocycles. The lowest BCUT2D eigenvalue weighted by Gasteiger charge is -2.13. The Morgan fingerprint density at radius 3 is 2.62 bits per heavy atom. The molecule has 0 unspecified atom stereocenters. The Bertz CT molecular complexity index is 689. The third kappa shape index (κ3) is 3.05. The molecule has 1 aromatic heterocycles. The van der Waals surface area contributed by atoms with E-state index in [4.69, 9.17) is 33.8 Å². The molecule has 0 aliphatic heterocycles. The standard InChI is InChI=1S/C14H14Cl2N4O/c1-7-12(20-17)18-13(8-2-3-8)19-14(7)21-9-4-5-10(15)11(16)6-9/h4-6,8H,2-3,17H2,1H3,(H,18,19,20). The number of halogens is 2. The van der Waals surface area contributed by atoms with Gasteiger partial charge in [0.2, 0.25) is 5.88 Å². The van der Waals surface area contributed by atoms with Gasteiger partial charge in [-0.2, -0.15) is 4.98 Å². The summed E-state index contributed by atoms with van der Waals surface area (Å²) >= 11 is 11.9. The average molecular weight is 325 g/mol. The summed E-state index contributed by atoms with van der Waals surface area (Å²) in [6.45, 7) is 1.85. The zero-order valence-corrected chi connectivity index (χ0v) is 12.9. The number of benzene rings is 1. The van der Waals surface area contributed by atoms with Crippen LogP contribution >= 0.6 is 23.2 Å². The van der Waals surface area contributed by atoms with Crippen LogP contribution in [0.25, 0.3) is 0 Å². The first-order valence-corrected chi connectivity index (χ1v) is 7.32. The van der Waals surface area contributed by atoms with Crippen LogP contribution in [-0.2, 0) is 0 Å². The van der Waals surface area contributed by atoms with Crippen LogP contribution in [0.1, 0.15) is 30.1 Å². The van der Waals surface area contributed by atoms with Gasteiger partial charge in [0.15, 0.2) is 5.82 Å². The number of aromatic nitrogens is 2. The minimum Gasteiger partial charge on any atom is -0.438 e. The largest absolute Gasteiger partial charge is 0.438 e. The molecule has 0 radical (unpaired) electrons. The second kappa shape index (κ2) is 5.67. The van der Waals surface area contributed by atoms with E-state index in [1.54, 1.807) is 18.2 Å². The fourth-order valence-electron chi connectivity index (χ4n) is 1.93. The zero-order valence-electron chi connectivity index (χ0n) is 11.4. The van der Waals surface area contributed by atoms with Crippen molar-refractivity contribution in [1.29, 1.82) is 0 Å². The summed E-state index contributed by atoms with van der Waals surface area (Å²) < 4.78 is 5.82. The van der Waals surface area contributed by atoms with Crippen LogP contribution in [0.2, 0.25) is 10.0 Å². The third-order valence-electron chi connectivity index (χ3n) is 3.30. The summed E-state index contributed by atoms with van der Waals surface area (Å²) in [6.07, 6.45) is 2.19. The average Bonchev–Trinajstić information content (AvgIpc) is 3.29. The quantitative estimate of drug-likeness (QED) is 0.655. The second-order valence-electron chi connectivity index (χ2n) is 4.96. The van der Waals surface area contributed by atoms with Crippen LogP contribution in [0, 0.1) is 6.92 Å². The summed E-state index contributed by atoms with van der Waals surface area (Å²) in [5.41, 5.74) is 3.33. The number of nitrogens with zero attached hydrogens (tertiary/aromatic N) is 2. The molecule has 21 heavy (non-hydrogen) atoms. The lowest BCUT2D eigenvalue weighted by molar-refractivity contribution is 0.455. The molecule has 2 aromatic rings. The van der Waals surface area contributed by atoms with E-state index >= 15 is 0 Å². The molecule has 1 fully saturated rings. The lowest BCUT2D eigenvalue weighted by Crippen LogP contribution is -2.13. The van der Waals surface area contributed by atoms with E-state index in [9.17, 15) is 0 Å². The van der Waals surface area contributed by atoms with Crippen molar-refractivity contribution in [3.8, 4) is 11.6 Å². The maximum absolute atomic E-state index is 5.99. The van der Waals surface area contributed by atoms with Gasteiger partial charge >= 0.3 is 0 Å². The van der Waals surface area contributed by atoms with Gasteiger partial charge in [0.05, 0.1) is 15.6 Å². The molecular formula is C14H14Cl2N4O. The fraction of sp³-hybridized carbons (Fsp3) is 0.286. The van der Waals surface area contributed by atoms with Crippen LogP contribution in [0.5, 0.6) is 11.6 Å². The van der Waals surface area contributed by atoms with E-state index in [2.05, 4.69) is 15.4 Å². The minimum absolute atomic E-state index is 0.397. The van der Waals surface area contributed by atoms with Crippen molar-refractivity contribution in [2.24, 2.45) is 5.84 Å². The van der Waals surface area contributed by atoms with Crippen molar-refractivity contribution < 1.29 is 4.74 Å². The first-order chi connectivity index (χ1) is 10.1. The summed E-state index contributed by atoms with van der Waals surface area (Å²) in [6, 6.07) is 5.07. The van der Waals surface area contributed by atoms with E-state index in [0.29, 0.717) is 33.4 Å². The molecule has 110 valence electrons. The normalized spacial score (nSPS) is 14.1. The van der Waals surface area contributed by atoms with E-state index in [1.807, 2.05) is 6.92 Å². The number of hydrazine groups is 1.